The van der Waals surface area contributed by atoms with Gasteiger partial charge in [-0.2, -0.15) is 4.98 Å². The Hall–Kier alpha value is -2.44. The molecule has 0 aliphatic carbocycles. The van der Waals surface area contributed by atoms with Crippen LogP contribution in [0.5, 0.6) is 0 Å². The Morgan fingerprint density at radius 3 is 3.12 bits per heavy atom. The summed E-state index contributed by atoms with van der Waals surface area (Å²) in [6.07, 6.45) is 3.00. The second-order valence-electron chi connectivity index (χ2n) is 3.11. The van der Waals surface area contributed by atoms with Crippen LogP contribution < -0.4 is 5.73 Å². The van der Waals surface area contributed by atoms with Crippen molar-refractivity contribution in [3.8, 4) is 11.5 Å². The summed E-state index contributed by atoms with van der Waals surface area (Å²) < 4.78 is 9.67. The van der Waals surface area contributed by atoms with Crippen molar-refractivity contribution in [1.29, 1.82) is 0 Å². The number of carbonyl (C=O) groups excluding carboxylic acids is 1. The predicted octanol–water partition coefficient (Wildman–Crippen LogP) is 0.890. The van der Waals surface area contributed by atoms with Crippen LogP contribution in [0.4, 0.5) is 5.69 Å². The lowest BCUT2D eigenvalue weighted by molar-refractivity contribution is 0.0508. The van der Waals surface area contributed by atoms with Crippen molar-refractivity contribution in [2.75, 3.05) is 12.3 Å². The molecule has 0 saturated carbocycles. The quantitative estimate of drug-likeness (QED) is 0.786. The number of esters is 1. The predicted molar refractivity (Wildman–Crippen MR) is 57.9 cm³/mol. The zero-order valence-corrected chi connectivity index (χ0v) is 9.08. The molecule has 7 nitrogen and oxygen atoms in total. The highest BCUT2D eigenvalue weighted by molar-refractivity contribution is 5.85. The maximum absolute atomic E-state index is 11.3. The molecule has 0 amide bonds. The summed E-state index contributed by atoms with van der Waals surface area (Å²) >= 11 is 0. The number of hydrogen-bond acceptors (Lipinski definition) is 7. The van der Waals surface area contributed by atoms with Gasteiger partial charge in [0.15, 0.2) is 0 Å². The maximum atomic E-state index is 11.3. The second kappa shape index (κ2) is 4.60. The maximum Gasteiger partial charge on any atom is 0.379 e. The minimum Gasteiger partial charge on any atom is -0.460 e. The van der Waals surface area contributed by atoms with Crippen LogP contribution in [-0.2, 0) is 4.74 Å². The molecule has 0 atom stereocenters. The molecule has 0 unspecified atom stereocenters. The van der Waals surface area contributed by atoms with E-state index in [2.05, 4.69) is 15.1 Å². The van der Waals surface area contributed by atoms with Crippen LogP contribution in [0.25, 0.3) is 11.5 Å². The van der Waals surface area contributed by atoms with Gasteiger partial charge >= 0.3 is 5.97 Å². The first kappa shape index (κ1) is 11.1. The lowest BCUT2D eigenvalue weighted by Crippen LogP contribution is -2.06. The molecule has 0 radical (unpaired) electrons. The molecule has 0 saturated heterocycles. The monoisotopic (exact) mass is 234 g/mol. The third kappa shape index (κ3) is 2.22. The lowest BCUT2D eigenvalue weighted by atomic mass is 10.2. The number of hydrogen-bond donors (Lipinski definition) is 1. The second-order valence-corrected chi connectivity index (χ2v) is 3.11. The third-order valence-electron chi connectivity index (χ3n) is 1.97. The topological polar surface area (TPSA) is 104 Å². The van der Waals surface area contributed by atoms with Gasteiger partial charge in [-0.05, 0) is 18.1 Å². The molecule has 0 fully saturated rings. The van der Waals surface area contributed by atoms with E-state index < -0.39 is 5.97 Å². The summed E-state index contributed by atoms with van der Waals surface area (Å²) in [6.45, 7) is 1.94. The largest absolute Gasteiger partial charge is 0.460 e. The molecule has 0 aliphatic rings. The van der Waals surface area contributed by atoms with Crippen molar-refractivity contribution in [2.45, 2.75) is 6.92 Å². The molecule has 2 rings (SSSR count). The van der Waals surface area contributed by atoms with Gasteiger partial charge in [-0.3, -0.25) is 4.98 Å². The van der Waals surface area contributed by atoms with Gasteiger partial charge < -0.3 is 15.0 Å². The SMILES string of the molecule is CCOC(=O)c1noc(-c2ccncc2N)n1. The van der Waals surface area contributed by atoms with Gasteiger partial charge in [0.1, 0.15) is 0 Å². The van der Waals surface area contributed by atoms with E-state index in [9.17, 15) is 4.79 Å². The average Bonchev–Trinajstić information content (AvgIpc) is 2.79. The molecule has 2 aromatic rings. The first-order valence-electron chi connectivity index (χ1n) is 4.93. The van der Waals surface area contributed by atoms with Gasteiger partial charge in [0, 0.05) is 6.20 Å². The highest BCUT2D eigenvalue weighted by Crippen LogP contribution is 2.22. The number of nitrogen functional groups attached to an aromatic ring is 1. The van der Waals surface area contributed by atoms with E-state index in [1.165, 1.54) is 6.20 Å². The smallest absolute Gasteiger partial charge is 0.379 e. The van der Waals surface area contributed by atoms with E-state index >= 15 is 0 Å². The molecule has 2 N–H and O–H groups in total. The highest BCUT2D eigenvalue weighted by Gasteiger charge is 2.17. The molecule has 0 aromatic carbocycles. The zero-order valence-electron chi connectivity index (χ0n) is 9.08. The average molecular weight is 234 g/mol. The summed E-state index contributed by atoms with van der Waals surface area (Å²) in [5, 5.41) is 3.52. The van der Waals surface area contributed by atoms with Gasteiger partial charge in [0.05, 0.1) is 24.1 Å². The van der Waals surface area contributed by atoms with Crippen molar-refractivity contribution in [3.63, 3.8) is 0 Å². The Morgan fingerprint density at radius 2 is 2.41 bits per heavy atom. The number of carbonyl (C=O) groups is 1. The number of pyridine rings is 1. The van der Waals surface area contributed by atoms with Crippen LogP contribution in [0.1, 0.15) is 17.5 Å². The third-order valence-corrected chi connectivity index (χ3v) is 1.97. The van der Waals surface area contributed by atoms with Gasteiger partial charge in [-0.25, -0.2) is 4.79 Å². The first-order valence-corrected chi connectivity index (χ1v) is 4.93. The Balaban J connectivity index is 2.30. The van der Waals surface area contributed by atoms with E-state index in [4.69, 9.17) is 15.0 Å². The highest BCUT2D eigenvalue weighted by atomic mass is 16.5. The standard InChI is InChI=1S/C10H10N4O3/c1-2-16-10(15)8-13-9(17-14-8)6-3-4-12-5-7(6)11/h3-5H,2,11H2,1H3. The normalized spacial score (nSPS) is 10.2. The summed E-state index contributed by atoms with van der Waals surface area (Å²) in [5.74, 6) is -0.596. The summed E-state index contributed by atoms with van der Waals surface area (Å²) in [6, 6.07) is 1.62. The van der Waals surface area contributed by atoms with Crippen molar-refractivity contribution >= 4 is 11.7 Å². The summed E-state index contributed by atoms with van der Waals surface area (Å²) in [7, 11) is 0. The molecule has 2 heterocycles. The molecule has 7 heteroatoms. The fraction of sp³-hybridized carbons (Fsp3) is 0.200. The van der Waals surface area contributed by atoms with E-state index in [0.717, 1.165) is 0 Å². The molecule has 0 aliphatic heterocycles. The number of aromatic nitrogens is 3. The fourth-order valence-corrected chi connectivity index (χ4v) is 1.21. The van der Waals surface area contributed by atoms with Crippen LogP contribution in [0, 0.1) is 0 Å². The van der Waals surface area contributed by atoms with E-state index in [1.807, 2.05) is 0 Å². The number of anilines is 1. The molecule has 0 spiro atoms. The zero-order chi connectivity index (χ0) is 12.3. The number of ether oxygens (including phenoxy) is 1. The first-order chi connectivity index (χ1) is 8.22. The Morgan fingerprint density at radius 1 is 1.59 bits per heavy atom. The van der Waals surface area contributed by atoms with Crippen molar-refractivity contribution in [3.05, 3.63) is 24.3 Å². The molecular weight excluding hydrogens is 224 g/mol. The Labute approximate surface area is 96.6 Å². The number of nitrogens with two attached hydrogens (primary N) is 1. The molecular formula is C10H10N4O3. The molecule has 88 valence electrons. The van der Waals surface area contributed by atoms with Crippen LogP contribution >= 0.6 is 0 Å². The molecule has 2 aromatic heterocycles. The minimum atomic E-state index is -0.630. The van der Waals surface area contributed by atoms with Crippen LogP contribution in [0.3, 0.4) is 0 Å². The number of rotatable bonds is 3. The summed E-state index contributed by atoms with van der Waals surface area (Å²) in [5.41, 5.74) is 6.62. The van der Waals surface area contributed by atoms with Gasteiger partial charge in [-0.15, -0.1) is 0 Å². The van der Waals surface area contributed by atoms with Crippen LogP contribution in [0.2, 0.25) is 0 Å². The van der Waals surface area contributed by atoms with Crippen molar-refractivity contribution < 1.29 is 14.1 Å². The van der Waals surface area contributed by atoms with Gasteiger partial charge in [0.2, 0.25) is 0 Å². The number of nitrogens with zero attached hydrogens (tertiary/aromatic N) is 3. The Bertz CT molecular complexity index is 538. The van der Waals surface area contributed by atoms with Crippen LogP contribution in [-0.4, -0.2) is 27.7 Å². The molecule has 17 heavy (non-hydrogen) atoms. The van der Waals surface area contributed by atoms with Crippen LogP contribution in [0.15, 0.2) is 23.0 Å². The van der Waals surface area contributed by atoms with Crippen molar-refractivity contribution in [1.82, 2.24) is 15.1 Å². The fourth-order valence-electron chi connectivity index (χ4n) is 1.21. The van der Waals surface area contributed by atoms with E-state index in [1.54, 1.807) is 19.2 Å². The van der Waals surface area contributed by atoms with Crippen molar-refractivity contribution in [2.24, 2.45) is 0 Å². The van der Waals surface area contributed by atoms with Gasteiger partial charge in [0.25, 0.3) is 11.7 Å². The lowest BCUT2D eigenvalue weighted by Gasteiger charge is -1.97. The minimum absolute atomic E-state index is 0.127. The molecule has 0 bridgehead atoms. The van der Waals surface area contributed by atoms with E-state index in [-0.39, 0.29) is 18.3 Å². The van der Waals surface area contributed by atoms with Gasteiger partial charge in [-0.1, -0.05) is 0 Å². The van der Waals surface area contributed by atoms with E-state index in [0.29, 0.717) is 11.3 Å². The Kier molecular flexibility index (Phi) is 2.99. The summed E-state index contributed by atoms with van der Waals surface area (Å²) in [4.78, 5) is 19.1.